The van der Waals surface area contributed by atoms with Gasteiger partial charge in [0.25, 0.3) is 11.6 Å². The predicted molar refractivity (Wildman–Crippen MR) is 70.5 cm³/mol. The summed E-state index contributed by atoms with van der Waals surface area (Å²) < 4.78 is 22.4. The van der Waals surface area contributed by atoms with Gasteiger partial charge in [-0.2, -0.15) is 0 Å². The van der Waals surface area contributed by atoms with Gasteiger partial charge in [0.05, 0.1) is 16.4 Å². The molecule has 1 aromatic heterocycles. The van der Waals surface area contributed by atoms with Crippen LogP contribution >= 0.6 is 22.9 Å². The summed E-state index contributed by atoms with van der Waals surface area (Å²) in [6.45, 7) is 0. The molecule has 1 aliphatic rings. The Bertz CT molecular complexity index is 639. The van der Waals surface area contributed by atoms with Crippen LogP contribution in [0.25, 0.3) is 0 Å². The first-order valence-electron chi connectivity index (χ1n) is 5.23. The highest BCUT2D eigenvalue weighted by Crippen LogP contribution is 2.33. The van der Waals surface area contributed by atoms with Crippen LogP contribution in [0.4, 0.5) is 5.69 Å². The van der Waals surface area contributed by atoms with E-state index in [2.05, 4.69) is 5.32 Å². The minimum Gasteiger partial charge on any atom is -0.348 e. The van der Waals surface area contributed by atoms with E-state index >= 15 is 0 Å². The van der Waals surface area contributed by atoms with Gasteiger partial charge in [0, 0.05) is 12.1 Å². The zero-order valence-electron chi connectivity index (χ0n) is 9.46. The van der Waals surface area contributed by atoms with Crippen molar-refractivity contribution in [2.24, 2.45) is 0 Å². The number of nitro groups is 1. The quantitative estimate of drug-likeness (QED) is 0.664. The van der Waals surface area contributed by atoms with Gasteiger partial charge in [-0.25, -0.2) is 8.42 Å². The van der Waals surface area contributed by atoms with E-state index in [-0.39, 0.29) is 26.4 Å². The van der Waals surface area contributed by atoms with Crippen molar-refractivity contribution in [2.75, 3.05) is 11.5 Å². The number of amides is 1. The molecule has 104 valence electrons. The molecule has 1 atom stereocenters. The van der Waals surface area contributed by atoms with Crippen molar-refractivity contribution < 1.29 is 18.1 Å². The summed E-state index contributed by atoms with van der Waals surface area (Å²) in [5.74, 6) is -0.592. The molecule has 0 aromatic carbocycles. The maximum Gasteiger partial charge on any atom is 0.299 e. The molecule has 10 heteroatoms. The summed E-state index contributed by atoms with van der Waals surface area (Å²) in [5, 5.41) is 13.1. The van der Waals surface area contributed by atoms with Gasteiger partial charge in [0.15, 0.2) is 14.2 Å². The molecule has 1 unspecified atom stereocenters. The molecule has 2 rings (SSSR count). The molecule has 1 aliphatic heterocycles. The second-order valence-electron chi connectivity index (χ2n) is 4.10. The first kappa shape index (κ1) is 14.2. The normalized spacial score (nSPS) is 21.2. The largest absolute Gasteiger partial charge is 0.348 e. The molecule has 19 heavy (non-hydrogen) atoms. The number of nitrogens with zero attached hydrogens (tertiary/aromatic N) is 1. The van der Waals surface area contributed by atoms with Crippen molar-refractivity contribution >= 4 is 44.4 Å². The SMILES string of the molecule is O=C(NC1CCS(=O)(=O)C1)c1cc([N+](=O)[O-])c(Cl)s1. The molecule has 2 heterocycles. The smallest absolute Gasteiger partial charge is 0.299 e. The highest BCUT2D eigenvalue weighted by Gasteiger charge is 2.30. The van der Waals surface area contributed by atoms with Gasteiger partial charge in [-0.1, -0.05) is 11.6 Å². The van der Waals surface area contributed by atoms with Crippen LogP contribution in [-0.4, -0.2) is 36.8 Å². The Kier molecular flexibility index (Phi) is 3.79. The van der Waals surface area contributed by atoms with Crippen LogP contribution in [0.1, 0.15) is 16.1 Å². The number of hydrogen-bond acceptors (Lipinski definition) is 6. The fourth-order valence-corrected chi connectivity index (χ4v) is 4.56. The van der Waals surface area contributed by atoms with Crippen LogP contribution in [0.15, 0.2) is 6.07 Å². The summed E-state index contributed by atoms with van der Waals surface area (Å²) in [6.07, 6.45) is 0.356. The third-order valence-corrected chi connectivity index (χ3v) is 5.76. The van der Waals surface area contributed by atoms with Crippen molar-refractivity contribution in [1.29, 1.82) is 0 Å². The van der Waals surface area contributed by atoms with Gasteiger partial charge in [-0.3, -0.25) is 14.9 Å². The maximum atomic E-state index is 11.8. The monoisotopic (exact) mass is 324 g/mol. The van der Waals surface area contributed by atoms with Crippen LogP contribution in [0.5, 0.6) is 0 Å². The van der Waals surface area contributed by atoms with Gasteiger partial charge >= 0.3 is 0 Å². The molecule has 1 N–H and O–H groups in total. The van der Waals surface area contributed by atoms with Crippen LogP contribution in [0.3, 0.4) is 0 Å². The van der Waals surface area contributed by atoms with E-state index in [1.165, 1.54) is 0 Å². The summed E-state index contributed by atoms with van der Waals surface area (Å²) >= 11 is 6.44. The number of halogens is 1. The second-order valence-corrected chi connectivity index (χ2v) is 7.98. The van der Waals surface area contributed by atoms with Crippen molar-refractivity contribution in [3.05, 3.63) is 25.4 Å². The molecule has 0 radical (unpaired) electrons. The second kappa shape index (κ2) is 5.06. The zero-order chi connectivity index (χ0) is 14.2. The molecule has 1 aromatic rings. The third-order valence-electron chi connectivity index (χ3n) is 2.66. The average Bonchev–Trinajstić information content (AvgIpc) is 2.82. The third kappa shape index (κ3) is 3.23. The van der Waals surface area contributed by atoms with Crippen molar-refractivity contribution in [1.82, 2.24) is 5.32 Å². The van der Waals surface area contributed by atoms with Crippen molar-refractivity contribution in [2.45, 2.75) is 12.5 Å². The molecule has 0 bridgehead atoms. The van der Waals surface area contributed by atoms with Gasteiger partial charge in [0.1, 0.15) is 4.88 Å². The standard InChI is InChI=1S/C9H9ClN2O5S2/c10-8-6(12(14)15)3-7(18-8)9(13)11-5-1-2-19(16,17)4-5/h3,5H,1-2,4H2,(H,11,13). The zero-order valence-corrected chi connectivity index (χ0v) is 11.8. The Balaban J connectivity index is 2.09. The Morgan fingerprint density at radius 2 is 2.26 bits per heavy atom. The number of rotatable bonds is 3. The van der Waals surface area contributed by atoms with E-state index in [1.54, 1.807) is 0 Å². The first-order chi connectivity index (χ1) is 8.78. The Labute approximate surface area is 117 Å². The molecule has 1 saturated heterocycles. The summed E-state index contributed by atoms with van der Waals surface area (Å²) in [4.78, 5) is 21.9. The van der Waals surface area contributed by atoms with Gasteiger partial charge in [0.2, 0.25) is 0 Å². The van der Waals surface area contributed by atoms with E-state index < -0.39 is 26.7 Å². The van der Waals surface area contributed by atoms with Crippen molar-refractivity contribution in [3.63, 3.8) is 0 Å². The molecule has 7 nitrogen and oxygen atoms in total. The molecular formula is C9H9ClN2O5S2. The Morgan fingerprint density at radius 1 is 1.58 bits per heavy atom. The Morgan fingerprint density at radius 3 is 2.74 bits per heavy atom. The van der Waals surface area contributed by atoms with Gasteiger partial charge in [-0.05, 0) is 6.42 Å². The van der Waals surface area contributed by atoms with E-state index in [0.29, 0.717) is 6.42 Å². The molecule has 1 fully saturated rings. The number of thiophene rings is 1. The number of hydrogen-bond donors (Lipinski definition) is 1. The molecule has 0 saturated carbocycles. The van der Waals surface area contributed by atoms with Gasteiger partial charge < -0.3 is 5.32 Å². The van der Waals surface area contributed by atoms with Crippen LogP contribution < -0.4 is 5.32 Å². The minimum atomic E-state index is -3.09. The lowest BCUT2D eigenvalue weighted by Crippen LogP contribution is -2.35. The first-order valence-corrected chi connectivity index (χ1v) is 8.25. The minimum absolute atomic E-state index is 0.0449. The highest BCUT2D eigenvalue weighted by atomic mass is 35.5. The van der Waals surface area contributed by atoms with E-state index in [4.69, 9.17) is 11.6 Å². The average molecular weight is 325 g/mol. The number of nitrogens with one attached hydrogen (secondary N) is 1. The topological polar surface area (TPSA) is 106 Å². The predicted octanol–water partition coefficient (Wildman–Crippen LogP) is 1.23. The number of carbonyl (C=O) groups excluding carboxylic acids is 1. The van der Waals surface area contributed by atoms with Gasteiger partial charge in [-0.15, -0.1) is 11.3 Å². The van der Waals surface area contributed by atoms with Crippen LogP contribution in [0, 0.1) is 10.1 Å². The van der Waals surface area contributed by atoms with Crippen LogP contribution in [-0.2, 0) is 9.84 Å². The fraction of sp³-hybridized carbons (Fsp3) is 0.444. The summed E-state index contributed by atoms with van der Waals surface area (Å²) in [6, 6.07) is 0.642. The summed E-state index contributed by atoms with van der Waals surface area (Å²) in [7, 11) is -3.09. The number of sulfone groups is 1. The highest BCUT2D eigenvalue weighted by molar-refractivity contribution is 7.91. The molecule has 1 amide bonds. The van der Waals surface area contributed by atoms with E-state index in [1.807, 2.05) is 0 Å². The fourth-order valence-electron chi connectivity index (χ4n) is 1.76. The molecule has 0 aliphatic carbocycles. The molecule has 0 spiro atoms. The lowest BCUT2D eigenvalue weighted by Gasteiger charge is -2.08. The lowest BCUT2D eigenvalue weighted by molar-refractivity contribution is -0.384. The number of carbonyl (C=O) groups is 1. The Hall–Kier alpha value is -1.19. The van der Waals surface area contributed by atoms with Crippen LogP contribution in [0.2, 0.25) is 4.34 Å². The lowest BCUT2D eigenvalue weighted by atomic mass is 10.2. The van der Waals surface area contributed by atoms with E-state index in [0.717, 1.165) is 17.4 Å². The maximum absolute atomic E-state index is 11.8. The van der Waals surface area contributed by atoms with Crippen molar-refractivity contribution in [3.8, 4) is 0 Å². The molecular weight excluding hydrogens is 316 g/mol. The van der Waals surface area contributed by atoms with E-state index in [9.17, 15) is 23.3 Å². The summed E-state index contributed by atoms with van der Waals surface area (Å²) in [5.41, 5.74) is -0.323.